The summed E-state index contributed by atoms with van der Waals surface area (Å²) < 4.78 is 0. The van der Waals surface area contributed by atoms with Crippen molar-refractivity contribution >= 4 is 30.1 Å². The number of nitrogens with one attached hydrogen (secondary N) is 1. The molecule has 5 heteroatoms. The molecule has 0 spiro atoms. The van der Waals surface area contributed by atoms with E-state index in [0.29, 0.717) is 11.7 Å². The predicted molar refractivity (Wildman–Crippen MR) is 106 cm³/mol. The number of carbonyl (C=O) groups is 1. The zero-order valence-corrected chi connectivity index (χ0v) is 16.6. The molecule has 24 heavy (non-hydrogen) atoms. The van der Waals surface area contributed by atoms with Crippen molar-refractivity contribution in [3.63, 3.8) is 0 Å². The molecule has 1 fully saturated rings. The quantitative estimate of drug-likeness (QED) is 0.523. The van der Waals surface area contributed by atoms with Gasteiger partial charge in [-0.15, -0.1) is 24.2 Å². The zero-order valence-electron chi connectivity index (χ0n) is 14.9. The van der Waals surface area contributed by atoms with Crippen molar-refractivity contribution in [2.24, 2.45) is 0 Å². The molecule has 1 aromatic rings. The average Bonchev–Trinajstić information content (AvgIpc) is 3.02. The highest BCUT2D eigenvalue weighted by molar-refractivity contribution is 7.99. The highest BCUT2D eigenvalue weighted by atomic mass is 35.5. The van der Waals surface area contributed by atoms with E-state index in [4.69, 9.17) is 0 Å². The van der Waals surface area contributed by atoms with Gasteiger partial charge in [-0.1, -0.05) is 26.0 Å². The van der Waals surface area contributed by atoms with Crippen molar-refractivity contribution in [2.75, 3.05) is 26.2 Å². The Hall–Kier alpha value is -0.710. The Bertz CT molecular complexity index is 473. The van der Waals surface area contributed by atoms with E-state index in [0.717, 1.165) is 18.5 Å². The number of amides is 1. The molecule has 1 saturated heterocycles. The van der Waals surface area contributed by atoms with Crippen LogP contribution in [0.5, 0.6) is 0 Å². The van der Waals surface area contributed by atoms with Gasteiger partial charge in [0, 0.05) is 16.7 Å². The van der Waals surface area contributed by atoms with Crippen LogP contribution in [0, 0.1) is 0 Å². The number of carbonyl (C=O) groups excluding carboxylic acids is 1. The first-order valence-corrected chi connectivity index (χ1v) is 9.76. The maximum Gasteiger partial charge on any atom is 0.224 e. The first kappa shape index (κ1) is 21.3. The van der Waals surface area contributed by atoms with Crippen molar-refractivity contribution in [1.82, 2.24) is 10.2 Å². The summed E-state index contributed by atoms with van der Waals surface area (Å²) in [7, 11) is 0. The number of nitrogens with zero attached hydrogens (tertiary/aromatic N) is 1. The third-order valence-electron chi connectivity index (χ3n) is 4.08. The van der Waals surface area contributed by atoms with E-state index < -0.39 is 0 Å². The molecule has 1 heterocycles. The maximum atomic E-state index is 12.0. The summed E-state index contributed by atoms with van der Waals surface area (Å²) in [5.41, 5.74) is 1.09. The van der Waals surface area contributed by atoms with Crippen LogP contribution in [-0.2, 0) is 11.2 Å². The van der Waals surface area contributed by atoms with Crippen LogP contribution in [0.1, 0.15) is 45.1 Å². The monoisotopic (exact) mass is 370 g/mol. The topological polar surface area (TPSA) is 32.3 Å². The smallest absolute Gasteiger partial charge is 0.224 e. The second-order valence-corrected chi connectivity index (χ2v) is 8.24. The van der Waals surface area contributed by atoms with Crippen LogP contribution >= 0.6 is 24.2 Å². The Labute approximate surface area is 157 Å². The molecule has 2 rings (SSSR count). The molecule has 3 nitrogen and oxygen atoms in total. The van der Waals surface area contributed by atoms with Gasteiger partial charge in [-0.3, -0.25) is 4.79 Å². The largest absolute Gasteiger partial charge is 0.356 e. The standard InChI is InChI=1S/C19H30N2OS.ClH/c1-16(2)23-18-9-7-17(8-10-18)15-19(22)20-11-3-4-12-21-13-5-6-14-21;/h7-10,16H,3-6,11-15H2,1-2H3,(H,20,22);1H. The second-order valence-electron chi connectivity index (χ2n) is 6.59. The SMILES string of the molecule is CC(C)Sc1ccc(CC(=O)NCCCCN2CCCC2)cc1.Cl. The number of thioether (sulfide) groups is 1. The van der Waals surface area contributed by atoms with Gasteiger partial charge in [0.15, 0.2) is 0 Å². The van der Waals surface area contributed by atoms with E-state index in [-0.39, 0.29) is 18.3 Å². The summed E-state index contributed by atoms with van der Waals surface area (Å²) in [4.78, 5) is 15.8. The molecule has 0 aromatic heterocycles. The van der Waals surface area contributed by atoms with E-state index in [1.54, 1.807) is 0 Å². The van der Waals surface area contributed by atoms with E-state index in [2.05, 4.69) is 48.3 Å². The lowest BCUT2D eigenvalue weighted by Crippen LogP contribution is -2.27. The number of rotatable bonds is 9. The minimum atomic E-state index is 0. The summed E-state index contributed by atoms with van der Waals surface area (Å²) in [5.74, 6) is 0.135. The molecule has 0 unspecified atom stereocenters. The summed E-state index contributed by atoms with van der Waals surface area (Å²) in [6.45, 7) is 8.89. The third kappa shape index (κ3) is 8.41. The van der Waals surface area contributed by atoms with Crippen molar-refractivity contribution in [3.05, 3.63) is 29.8 Å². The number of likely N-dealkylation sites (tertiary alicyclic amines) is 1. The van der Waals surface area contributed by atoms with Crippen molar-refractivity contribution in [3.8, 4) is 0 Å². The first-order chi connectivity index (χ1) is 11.1. The molecule has 0 saturated carbocycles. The maximum absolute atomic E-state index is 12.0. The van der Waals surface area contributed by atoms with Crippen LogP contribution in [0.15, 0.2) is 29.2 Å². The van der Waals surface area contributed by atoms with E-state index in [9.17, 15) is 4.79 Å². The molecule has 0 bridgehead atoms. The molecule has 1 aromatic carbocycles. The molecular formula is C19H31ClN2OS. The molecule has 136 valence electrons. The van der Waals surface area contributed by atoms with Crippen molar-refractivity contribution < 1.29 is 4.79 Å². The Morgan fingerprint density at radius 2 is 1.83 bits per heavy atom. The molecule has 0 atom stereocenters. The fourth-order valence-corrected chi connectivity index (χ4v) is 3.74. The van der Waals surface area contributed by atoms with Crippen LogP contribution in [0.25, 0.3) is 0 Å². The fraction of sp³-hybridized carbons (Fsp3) is 0.632. The number of unbranched alkanes of at least 4 members (excludes halogenated alkanes) is 1. The van der Waals surface area contributed by atoms with Gasteiger partial charge in [0.05, 0.1) is 6.42 Å². The minimum Gasteiger partial charge on any atom is -0.356 e. The Morgan fingerprint density at radius 3 is 2.46 bits per heavy atom. The van der Waals surface area contributed by atoms with E-state index in [1.807, 2.05) is 11.8 Å². The van der Waals surface area contributed by atoms with Crippen LogP contribution < -0.4 is 5.32 Å². The number of hydrogen-bond donors (Lipinski definition) is 1. The number of halogens is 1. The molecule has 1 aliphatic heterocycles. The zero-order chi connectivity index (χ0) is 16.5. The lowest BCUT2D eigenvalue weighted by atomic mass is 10.1. The number of benzene rings is 1. The van der Waals surface area contributed by atoms with Gasteiger partial charge in [0.25, 0.3) is 0 Å². The Kier molecular flexibility index (Phi) is 10.5. The van der Waals surface area contributed by atoms with Crippen LogP contribution in [0.4, 0.5) is 0 Å². The van der Waals surface area contributed by atoms with Gasteiger partial charge >= 0.3 is 0 Å². The lowest BCUT2D eigenvalue weighted by molar-refractivity contribution is -0.120. The summed E-state index contributed by atoms with van der Waals surface area (Å²) in [6.07, 6.45) is 5.45. The van der Waals surface area contributed by atoms with Crippen molar-refractivity contribution in [2.45, 2.75) is 56.1 Å². The van der Waals surface area contributed by atoms with Gasteiger partial charge in [0.2, 0.25) is 5.91 Å². The Balaban J connectivity index is 0.00000288. The normalized spacial score (nSPS) is 14.6. The van der Waals surface area contributed by atoms with Gasteiger partial charge in [-0.25, -0.2) is 0 Å². The third-order valence-corrected chi connectivity index (χ3v) is 5.10. The van der Waals surface area contributed by atoms with Crippen LogP contribution in [-0.4, -0.2) is 42.2 Å². The minimum absolute atomic E-state index is 0. The summed E-state index contributed by atoms with van der Waals surface area (Å²) in [6, 6.07) is 8.36. The molecule has 1 N–H and O–H groups in total. The van der Waals surface area contributed by atoms with Gasteiger partial charge in [-0.2, -0.15) is 0 Å². The second kappa shape index (κ2) is 11.8. The fourth-order valence-electron chi connectivity index (χ4n) is 2.90. The van der Waals surface area contributed by atoms with Crippen molar-refractivity contribution in [1.29, 1.82) is 0 Å². The van der Waals surface area contributed by atoms with E-state index in [1.165, 1.54) is 43.8 Å². The molecular weight excluding hydrogens is 340 g/mol. The van der Waals surface area contributed by atoms with Crippen LogP contribution in [0.3, 0.4) is 0 Å². The predicted octanol–water partition coefficient (Wildman–Crippen LogP) is 4.14. The van der Waals surface area contributed by atoms with Crippen LogP contribution in [0.2, 0.25) is 0 Å². The van der Waals surface area contributed by atoms with E-state index >= 15 is 0 Å². The first-order valence-electron chi connectivity index (χ1n) is 8.88. The molecule has 0 radical (unpaired) electrons. The highest BCUT2D eigenvalue weighted by Crippen LogP contribution is 2.22. The lowest BCUT2D eigenvalue weighted by Gasteiger charge is -2.14. The average molecular weight is 371 g/mol. The molecule has 1 aliphatic rings. The van der Waals surface area contributed by atoms with Gasteiger partial charge < -0.3 is 10.2 Å². The summed E-state index contributed by atoms with van der Waals surface area (Å²) >= 11 is 1.85. The highest BCUT2D eigenvalue weighted by Gasteiger charge is 2.10. The van der Waals surface area contributed by atoms with Gasteiger partial charge in [0.1, 0.15) is 0 Å². The Morgan fingerprint density at radius 1 is 1.17 bits per heavy atom. The molecule has 1 amide bonds. The molecule has 0 aliphatic carbocycles. The van der Waals surface area contributed by atoms with Gasteiger partial charge in [-0.05, 0) is 63.0 Å². The summed E-state index contributed by atoms with van der Waals surface area (Å²) in [5, 5.41) is 3.63. The number of hydrogen-bond acceptors (Lipinski definition) is 3.